The molecule has 1 aliphatic heterocycles. The summed E-state index contributed by atoms with van der Waals surface area (Å²) in [5, 5.41) is 2.93. The number of carbonyl (C=O) groups excluding carboxylic acids is 1. The molecule has 1 N–H and O–H groups in total. The van der Waals surface area contributed by atoms with Crippen LogP contribution in [0.5, 0.6) is 0 Å². The monoisotopic (exact) mass is 418 g/mol. The Morgan fingerprint density at radius 1 is 1.17 bits per heavy atom. The Morgan fingerprint density at radius 3 is 2.55 bits per heavy atom. The third-order valence-electron chi connectivity index (χ3n) is 5.45. The van der Waals surface area contributed by atoms with Crippen molar-refractivity contribution in [2.24, 2.45) is 5.92 Å². The molecule has 1 fully saturated rings. The Bertz CT molecular complexity index is 990. The number of nitrogens with one attached hydrogen (secondary N) is 1. The number of nitrogens with zero attached hydrogens (tertiary/aromatic N) is 1. The Hall–Kier alpha value is -2.25. The number of halogens is 1. The Morgan fingerprint density at radius 2 is 1.86 bits per heavy atom. The number of carbonyl (C=O) groups is 1. The standard InChI is InChI=1S/C22H27FN2O3S/c1-15-6-7-16(2)21(13-15)29(27,28)25-12-4-5-19(14-25)22(26)24-17(3)18-8-10-20(23)11-9-18/h6-11,13,17,19H,4-5,12,14H2,1-3H3,(H,24,26). The van der Waals surface area contributed by atoms with Crippen molar-refractivity contribution in [2.45, 2.75) is 44.6 Å². The second kappa shape index (κ2) is 8.63. The lowest BCUT2D eigenvalue weighted by Crippen LogP contribution is -2.45. The zero-order valence-corrected chi connectivity index (χ0v) is 17.8. The fourth-order valence-electron chi connectivity index (χ4n) is 3.67. The number of benzene rings is 2. The summed E-state index contributed by atoms with van der Waals surface area (Å²) >= 11 is 0. The minimum atomic E-state index is -3.66. The van der Waals surface area contributed by atoms with E-state index in [0.29, 0.717) is 29.8 Å². The molecule has 5 nitrogen and oxygen atoms in total. The van der Waals surface area contributed by atoms with Crippen LogP contribution < -0.4 is 5.32 Å². The van der Waals surface area contributed by atoms with Gasteiger partial charge in [0.1, 0.15) is 5.82 Å². The molecule has 0 saturated carbocycles. The number of aryl methyl sites for hydroxylation is 2. The summed E-state index contributed by atoms with van der Waals surface area (Å²) in [4.78, 5) is 13.1. The van der Waals surface area contributed by atoms with Crippen molar-refractivity contribution in [3.8, 4) is 0 Å². The molecule has 0 spiro atoms. The molecule has 1 saturated heterocycles. The first-order chi connectivity index (χ1) is 13.7. The number of hydrogen-bond donors (Lipinski definition) is 1. The number of amides is 1. The normalized spacial score (nSPS) is 19.0. The second-order valence-corrected chi connectivity index (χ2v) is 9.66. The number of hydrogen-bond acceptors (Lipinski definition) is 3. The van der Waals surface area contributed by atoms with Crippen molar-refractivity contribution in [2.75, 3.05) is 13.1 Å². The molecule has 0 bridgehead atoms. The van der Waals surface area contributed by atoms with Gasteiger partial charge in [-0.2, -0.15) is 4.31 Å². The minimum absolute atomic E-state index is 0.164. The molecule has 2 unspecified atom stereocenters. The van der Waals surface area contributed by atoms with E-state index in [1.807, 2.05) is 19.9 Å². The molecule has 0 aliphatic carbocycles. The van der Waals surface area contributed by atoms with Crippen LogP contribution in [-0.2, 0) is 14.8 Å². The van der Waals surface area contributed by atoms with Crippen molar-refractivity contribution < 1.29 is 17.6 Å². The van der Waals surface area contributed by atoms with E-state index in [4.69, 9.17) is 0 Å². The highest BCUT2D eigenvalue weighted by Crippen LogP contribution is 2.27. The SMILES string of the molecule is Cc1ccc(C)c(S(=O)(=O)N2CCCC(C(=O)NC(C)c3ccc(F)cc3)C2)c1. The lowest BCUT2D eigenvalue weighted by molar-refractivity contribution is -0.126. The van der Waals surface area contributed by atoms with Gasteiger partial charge < -0.3 is 5.32 Å². The number of piperidine rings is 1. The first-order valence-electron chi connectivity index (χ1n) is 9.81. The fourth-order valence-corrected chi connectivity index (χ4v) is 5.50. The lowest BCUT2D eigenvalue weighted by atomic mass is 9.98. The first-order valence-corrected chi connectivity index (χ1v) is 11.3. The van der Waals surface area contributed by atoms with Gasteiger partial charge in [0.05, 0.1) is 16.9 Å². The van der Waals surface area contributed by atoms with Crippen LogP contribution in [-0.4, -0.2) is 31.7 Å². The van der Waals surface area contributed by atoms with E-state index in [0.717, 1.165) is 11.1 Å². The quantitative estimate of drug-likeness (QED) is 0.805. The molecular weight excluding hydrogens is 391 g/mol. The summed E-state index contributed by atoms with van der Waals surface area (Å²) in [6.45, 7) is 6.05. The summed E-state index contributed by atoms with van der Waals surface area (Å²) in [6, 6.07) is 11.1. The largest absolute Gasteiger partial charge is 0.349 e. The van der Waals surface area contributed by atoms with Gasteiger partial charge in [-0.25, -0.2) is 12.8 Å². The van der Waals surface area contributed by atoms with Crippen LogP contribution in [0.1, 0.15) is 42.5 Å². The summed E-state index contributed by atoms with van der Waals surface area (Å²) in [5.74, 6) is -0.916. The topological polar surface area (TPSA) is 66.5 Å². The van der Waals surface area contributed by atoms with Gasteiger partial charge in [0.2, 0.25) is 15.9 Å². The first kappa shape index (κ1) is 21.5. The van der Waals surface area contributed by atoms with Gasteiger partial charge in [-0.3, -0.25) is 4.79 Å². The second-order valence-electron chi connectivity index (χ2n) is 7.75. The minimum Gasteiger partial charge on any atom is -0.349 e. The summed E-state index contributed by atoms with van der Waals surface area (Å²) in [5.41, 5.74) is 2.39. The van der Waals surface area contributed by atoms with Crippen molar-refractivity contribution in [1.29, 1.82) is 0 Å². The van der Waals surface area contributed by atoms with Crippen LogP contribution in [0.15, 0.2) is 47.4 Å². The predicted octanol–water partition coefficient (Wildman–Crippen LogP) is 3.72. The summed E-state index contributed by atoms with van der Waals surface area (Å²) in [7, 11) is -3.66. The van der Waals surface area contributed by atoms with E-state index in [1.165, 1.54) is 16.4 Å². The molecule has 1 heterocycles. The molecule has 156 valence electrons. The molecule has 2 atom stereocenters. The molecule has 1 amide bonds. The van der Waals surface area contributed by atoms with Gasteiger partial charge in [-0.05, 0) is 68.5 Å². The van der Waals surface area contributed by atoms with E-state index < -0.39 is 15.9 Å². The Balaban J connectivity index is 1.72. The summed E-state index contributed by atoms with van der Waals surface area (Å²) in [6.07, 6.45) is 1.27. The maximum Gasteiger partial charge on any atom is 0.243 e. The van der Waals surface area contributed by atoms with Gasteiger partial charge in [0.25, 0.3) is 0 Å². The third-order valence-corrected chi connectivity index (χ3v) is 7.45. The molecular formula is C22H27FN2O3S. The zero-order valence-electron chi connectivity index (χ0n) is 17.0. The highest BCUT2D eigenvalue weighted by atomic mass is 32.2. The van der Waals surface area contributed by atoms with Gasteiger partial charge in [-0.15, -0.1) is 0 Å². The van der Waals surface area contributed by atoms with E-state index in [2.05, 4.69) is 5.32 Å². The molecule has 7 heteroatoms. The molecule has 2 aromatic carbocycles. The Labute approximate surface area is 172 Å². The fraction of sp³-hybridized carbons (Fsp3) is 0.409. The van der Waals surface area contributed by atoms with Crippen LogP contribution in [0.2, 0.25) is 0 Å². The highest BCUT2D eigenvalue weighted by molar-refractivity contribution is 7.89. The molecule has 29 heavy (non-hydrogen) atoms. The molecule has 0 radical (unpaired) electrons. The van der Waals surface area contributed by atoms with Gasteiger partial charge in [0.15, 0.2) is 0 Å². The van der Waals surface area contributed by atoms with E-state index >= 15 is 0 Å². The van der Waals surface area contributed by atoms with E-state index in [9.17, 15) is 17.6 Å². The number of sulfonamides is 1. The van der Waals surface area contributed by atoms with Gasteiger partial charge in [-0.1, -0.05) is 24.3 Å². The van der Waals surface area contributed by atoms with Crippen LogP contribution in [0.25, 0.3) is 0 Å². The predicted molar refractivity (Wildman–Crippen MR) is 110 cm³/mol. The van der Waals surface area contributed by atoms with E-state index in [-0.39, 0.29) is 24.3 Å². The van der Waals surface area contributed by atoms with E-state index in [1.54, 1.807) is 31.2 Å². The molecule has 1 aliphatic rings. The van der Waals surface area contributed by atoms with Gasteiger partial charge >= 0.3 is 0 Å². The molecule has 3 rings (SSSR count). The average molecular weight is 419 g/mol. The van der Waals surface area contributed by atoms with Gasteiger partial charge in [0, 0.05) is 13.1 Å². The lowest BCUT2D eigenvalue weighted by Gasteiger charge is -2.32. The molecule has 0 aromatic heterocycles. The smallest absolute Gasteiger partial charge is 0.243 e. The van der Waals surface area contributed by atoms with Crippen molar-refractivity contribution >= 4 is 15.9 Å². The van der Waals surface area contributed by atoms with Crippen LogP contribution in [0, 0.1) is 25.6 Å². The summed E-state index contributed by atoms with van der Waals surface area (Å²) < 4.78 is 40.8. The van der Waals surface area contributed by atoms with Crippen LogP contribution in [0.4, 0.5) is 4.39 Å². The number of rotatable bonds is 5. The maximum absolute atomic E-state index is 13.2. The van der Waals surface area contributed by atoms with Crippen LogP contribution >= 0.6 is 0 Å². The maximum atomic E-state index is 13.2. The third kappa shape index (κ3) is 4.85. The molecule has 2 aromatic rings. The van der Waals surface area contributed by atoms with Crippen molar-refractivity contribution in [3.63, 3.8) is 0 Å². The average Bonchev–Trinajstić information content (AvgIpc) is 2.70. The zero-order chi connectivity index (χ0) is 21.2. The van der Waals surface area contributed by atoms with Crippen molar-refractivity contribution in [1.82, 2.24) is 9.62 Å². The highest BCUT2D eigenvalue weighted by Gasteiger charge is 2.34. The Kier molecular flexibility index (Phi) is 6.39. The van der Waals surface area contributed by atoms with Crippen LogP contribution in [0.3, 0.4) is 0 Å². The van der Waals surface area contributed by atoms with Crippen molar-refractivity contribution in [3.05, 3.63) is 65.0 Å².